The SMILES string of the molecule is CCOC(=O)[C@H]1c2[nH]c3ccccc3c2[C@H](c2ccc(C)cc2)[C@@]2(C(=O)N(Cc3ccccc3)c3ccc(F)cc32)[C@@H]1C(=O)c1ccc(C)cc1. The Balaban J connectivity index is 1.53. The fourth-order valence-corrected chi connectivity index (χ4v) is 8.53. The van der Waals surface area contributed by atoms with E-state index >= 15 is 14.0 Å². The number of fused-ring (bicyclic) bond motifs is 5. The number of ether oxygens (including phenoxy) is 1. The van der Waals surface area contributed by atoms with Crippen molar-refractivity contribution in [1.82, 2.24) is 4.98 Å². The van der Waals surface area contributed by atoms with Gasteiger partial charge in [-0.1, -0.05) is 108 Å². The van der Waals surface area contributed by atoms with E-state index in [0.29, 0.717) is 22.5 Å². The standard InChI is InChI=1S/C44H37FN2O4/c1-4-51-42(49)37-39(41(48)30-20-16-27(3)17-21-30)44(33-24-31(45)22-23-35(33)47(43(44)50)25-28-10-6-5-7-11-28)38(29-18-14-26(2)15-19-29)36-32-12-8-9-13-34(32)46-40(36)37/h5-24,37-39,46H,4,25H2,1-3H3/t37-,38+,39+,44-/m1/s1. The number of aromatic amines is 1. The maximum Gasteiger partial charge on any atom is 0.315 e. The average molecular weight is 677 g/mol. The van der Waals surface area contributed by atoms with E-state index in [1.54, 1.807) is 30.0 Å². The van der Waals surface area contributed by atoms with Gasteiger partial charge in [0.25, 0.3) is 0 Å². The zero-order valence-corrected chi connectivity index (χ0v) is 28.7. The fourth-order valence-electron chi connectivity index (χ4n) is 8.53. The number of nitrogens with one attached hydrogen (secondary N) is 1. The van der Waals surface area contributed by atoms with Crippen molar-refractivity contribution >= 4 is 34.3 Å². The maximum absolute atomic E-state index is 16.0. The summed E-state index contributed by atoms with van der Waals surface area (Å²) in [4.78, 5) is 51.2. The second-order valence-corrected chi connectivity index (χ2v) is 13.7. The third-order valence-electron chi connectivity index (χ3n) is 10.7. The molecular weight excluding hydrogens is 639 g/mol. The number of amides is 1. The highest BCUT2D eigenvalue weighted by Gasteiger charge is 2.69. The third-order valence-corrected chi connectivity index (χ3v) is 10.7. The number of aryl methyl sites for hydroxylation is 2. The van der Waals surface area contributed by atoms with Crippen molar-refractivity contribution in [1.29, 1.82) is 0 Å². The molecule has 254 valence electrons. The molecule has 1 aliphatic heterocycles. The monoisotopic (exact) mass is 676 g/mol. The highest BCUT2D eigenvalue weighted by atomic mass is 19.1. The van der Waals surface area contributed by atoms with E-state index in [2.05, 4.69) is 4.98 Å². The number of carbonyl (C=O) groups excluding carboxylic acids is 3. The molecule has 1 N–H and O–H groups in total. The highest BCUT2D eigenvalue weighted by molar-refractivity contribution is 6.16. The number of halogens is 1. The Bertz CT molecular complexity index is 2310. The van der Waals surface area contributed by atoms with Gasteiger partial charge in [0.2, 0.25) is 5.91 Å². The summed E-state index contributed by atoms with van der Waals surface area (Å²) < 4.78 is 21.6. The number of anilines is 1. The largest absolute Gasteiger partial charge is 0.465 e. The molecule has 6 nitrogen and oxygen atoms in total. The summed E-state index contributed by atoms with van der Waals surface area (Å²) in [6, 6.07) is 36.8. The summed E-state index contributed by atoms with van der Waals surface area (Å²) in [6.07, 6.45) is 0. The number of esters is 1. The molecule has 1 aromatic heterocycles. The van der Waals surface area contributed by atoms with Crippen LogP contribution in [0, 0.1) is 25.6 Å². The number of Topliss-reactive ketones (excluding diaryl/α,β-unsaturated/α-hetero) is 1. The van der Waals surface area contributed by atoms with Crippen molar-refractivity contribution in [3.63, 3.8) is 0 Å². The fraction of sp³-hybridized carbons (Fsp3) is 0.205. The lowest BCUT2D eigenvalue weighted by Crippen LogP contribution is -2.58. The first-order valence-electron chi connectivity index (χ1n) is 17.3. The predicted molar refractivity (Wildman–Crippen MR) is 195 cm³/mol. The zero-order chi connectivity index (χ0) is 35.4. The summed E-state index contributed by atoms with van der Waals surface area (Å²) >= 11 is 0. The van der Waals surface area contributed by atoms with Crippen LogP contribution in [0.15, 0.2) is 121 Å². The smallest absolute Gasteiger partial charge is 0.315 e. The maximum atomic E-state index is 16.0. The lowest BCUT2D eigenvalue weighted by atomic mass is 9.50. The Kier molecular flexibility index (Phi) is 7.94. The van der Waals surface area contributed by atoms with Gasteiger partial charge in [0, 0.05) is 33.8 Å². The molecule has 2 aliphatic rings. The lowest BCUT2D eigenvalue weighted by molar-refractivity contribution is -0.147. The van der Waals surface area contributed by atoms with Gasteiger partial charge < -0.3 is 14.6 Å². The number of rotatable bonds is 7. The average Bonchev–Trinajstić information content (AvgIpc) is 3.62. The number of aromatic nitrogens is 1. The number of carbonyl (C=O) groups is 3. The van der Waals surface area contributed by atoms with Gasteiger partial charge in [-0.15, -0.1) is 0 Å². The van der Waals surface area contributed by atoms with Gasteiger partial charge in [-0.3, -0.25) is 14.4 Å². The summed E-state index contributed by atoms with van der Waals surface area (Å²) in [5, 5.41) is 0.820. The molecule has 0 radical (unpaired) electrons. The molecule has 1 aliphatic carbocycles. The topological polar surface area (TPSA) is 79.5 Å². The molecule has 7 heteroatoms. The van der Waals surface area contributed by atoms with E-state index in [1.807, 2.05) is 105 Å². The first-order valence-corrected chi connectivity index (χ1v) is 17.3. The molecule has 8 rings (SSSR count). The molecule has 1 spiro atoms. The van der Waals surface area contributed by atoms with Gasteiger partial charge in [0.05, 0.1) is 24.5 Å². The van der Waals surface area contributed by atoms with Crippen molar-refractivity contribution in [2.45, 2.75) is 44.6 Å². The molecule has 2 heterocycles. The van der Waals surface area contributed by atoms with Crippen LogP contribution in [0.25, 0.3) is 10.9 Å². The Morgan fingerprint density at radius 3 is 2.22 bits per heavy atom. The molecule has 6 aromatic rings. The minimum Gasteiger partial charge on any atom is -0.465 e. The molecule has 51 heavy (non-hydrogen) atoms. The minimum absolute atomic E-state index is 0.0734. The summed E-state index contributed by atoms with van der Waals surface area (Å²) in [7, 11) is 0. The Hall–Kier alpha value is -5.82. The molecule has 0 saturated heterocycles. The van der Waals surface area contributed by atoms with Crippen LogP contribution in [0.5, 0.6) is 0 Å². The van der Waals surface area contributed by atoms with Crippen LogP contribution in [-0.4, -0.2) is 29.3 Å². The summed E-state index contributed by atoms with van der Waals surface area (Å²) in [5.41, 5.74) is 5.15. The van der Waals surface area contributed by atoms with Crippen molar-refractivity contribution in [2.24, 2.45) is 5.92 Å². The van der Waals surface area contributed by atoms with E-state index < -0.39 is 35.0 Å². The highest BCUT2D eigenvalue weighted by Crippen LogP contribution is 2.65. The number of para-hydroxylation sites is 1. The van der Waals surface area contributed by atoms with E-state index in [1.165, 1.54) is 12.1 Å². The van der Waals surface area contributed by atoms with Crippen molar-refractivity contribution < 1.29 is 23.5 Å². The van der Waals surface area contributed by atoms with Crippen LogP contribution >= 0.6 is 0 Å². The normalized spacial score (nSPS) is 20.7. The van der Waals surface area contributed by atoms with E-state index in [4.69, 9.17) is 4.74 Å². The Morgan fingerprint density at radius 2 is 1.51 bits per heavy atom. The van der Waals surface area contributed by atoms with Crippen molar-refractivity contribution in [2.75, 3.05) is 11.5 Å². The molecule has 4 atom stereocenters. The molecule has 0 unspecified atom stereocenters. The number of ketones is 1. The van der Waals surface area contributed by atoms with Gasteiger partial charge in [0.1, 0.15) is 11.7 Å². The Morgan fingerprint density at radius 1 is 0.843 bits per heavy atom. The molecule has 0 bridgehead atoms. The van der Waals surface area contributed by atoms with Crippen LogP contribution in [0.3, 0.4) is 0 Å². The summed E-state index contributed by atoms with van der Waals surface area (Å²) in [6.45, 7) is 5.91. The second kappa shape index (κ2) is 12.5. The van der Waals surface area contributed by atoms with Crippen molar-refractivity contribution in [3.8, 4) is 0 Å². The number of nitrogens with zero attached hydrogens (tertiary/aromatic N) is 1. The number of H-pyrrole nitrogens is 1. The van der Waals surface area contributed by atoms with Gasteiger partial charge >= 0.3 is 5.97 Å². The quantitative estimate of drug-likeness (QED) is 0.136. The summed E-state index contributed by atoms with van der Waals surface area (Å²) in [5.74, 6) is -5.22. The van der Waals surface area contributed by atoms with Crippen LogP contribution < -0.4 is 4.90 Å². The molecule has 5 aromatic carbocycles. The van der Waals surface area contributed by atoms with Crippen LogP contribution in [0.2, 0.25) is 0 Å². The van der Waals surface area contributed by atoms with Gasteiger partial charge in [-0.25, -0.2) is 4.39 Å². The zero-order valence-electron chi connectivity index (χ0n) is 28.7. The number of hydrogen-bond donors (Lipinski definition) is 1. The molecule has 0 fully saturated rings. The third kappa shape index (κ3) is 5.02. The van der Waals surface area contributed by atoms with Crippen LogP contribution in [0.4, 0.5) is 10.1 Å². The van der Waals surface area contributed by atoms with Crippen molar-refractivity contribution in [3.05, 3.63) is 172 Å². The Labute approximate surface area is 295 Å². The number of hydrogen-bond acceptors (Lipinski definition) is 4. The molecule has 0 saturated carbocycles. The predicted octanol–water partition coefficient (Wildman–Crippen LogP) is 8.70. The van der Waals surface area contributed by atoms with E-state index in [9.17, 15) is 4.79 Å². The van der Waals surface area contributed by atoms with E-state index in [0.717, 1.165) is 38.7 Å². The van der Waals surface area contributed by atoms with Gasteiger partial charge in [0.15, 0.2) is 5.78 Å². The van der Waals surface area contributed by atoms with Gasteiger partial charge in [-0.2, -0.15) is 0 Å². The second-order valence-electron chi connectivity index (χ2n) is 13.7. The first kappa shape index (κ1) is 32.4. The lowest BCUT2D eigenvalue weighted by Gasteiger charge is -2.48. The van der Waals surface area contributed by atoms with E-state index in [-0.39, 0.29) is 24.8 Å². The van der Waals surface area contributed by atoms with Gasteiger partial charge in [-0.05, 0) is 67.3 Å². The molecular formula is C44H37FN2O4. The van der Waals surface area contributed by atoms with Crippen LogP contribution in [0.1, 0.15) is 68.2 Å². The first-order chi connectivity index (χ1) is 24.7. The minimum atomic E-state index is -1.75. The molecule has 1 amide bonds. The van der Waals surface area contributed by atoms with Crippen LogP contribution in [-0.2, 0) is 26.3 Å². The number of benzene rings is 5.